The molecule has 11 heteroatoms. The zero-order valence-corrected chi connectivity index (χ0v) is 31.3. The number of carbonyl (C=O) groups excluding carboxylic acids is 3. The summed E-state index contributed by atoms with van der Waals surface area (Å²) in [5.41, 5.74) is 0.0475. The lowest BCUT2D eigenvalue weighted by atomic mass is 9.43. The van der Waals surface area contributed by atoms with Crippen molar-refractivity contribution in [3.05, 3.63) is 0 Å². The predicted molar refractivity (Wildman–Crippen MR) is 179 cm³/mol. The van der Waals surface area contributed by atoms with Crippen LogP contribution in [0.5, 0.6) is 0 Å². The van der Waals surface area contributed by atoms with Crippen LogP contribution in [-0.2, 0) is 47.5 Å². The highest BCUT2D eigenvalue weighted by Gasteiger charge is 2.70. The van der Waals surface area contributed by atoms with Crippen molar-refractivity contribution in [1.82, 2.24) is 0 Å². The normalized spacial score (nSPS) is 52.6. The quantitative estimate of drug-likeness (QED) is 0.226. The molecule has 7 aliphatic rings. The van der Waals surface area contributed by atoms with Gasteiger partial charge in [0.05, 0.1) is 31.0 Å². The van der Waals surface area contributed by atoms with Crippen LogP contribution in [0.3, 0.4) is 0 Å². The molecule has 18 atom stereocenters. The van der Waals surface area contributed by atoms with E-state index >= 15 is 0 Å². The molecule has 7 fully saturated rings. The van der Waals surface area contributed by atoms with E-state index in [0.29, 0.717) is 41.9 Å². The molecular weight excluding hydrogens is 644 g/mol. The van der Waals surface area contributed by atoms with Gasteiger partial charge in [0, 0.05) is 33.1 Å². The third-order valence-electron chi connectivity index (χ3n) is 14.8. The summed E-state index contributed by atoms with van der Waals surface area (Å²) < 4.78 is 44.0. The molecule has 3 aliphatic heterocycles. The van der Waals surface area contributed by atoms with Gasteiger partial charge in [0.2, 0.25) is 0 Å². The number of hydrogen-bond acceptors (Lipinski definition) is 11. The van der Waals surface area contributed by atoms with Crippen LogP contribution >= 0.6 is 0 Å². The predicted octanol–water partition coefficient (Wildman–Crippen LogP) is 5.33. The molecule has 0 aromatic rings. The Kier molecular flexibility index (Phi) is 9.69. The lowest BCUT2D eigenvalue weighted by molar-refractivity contribution is -0.326. The highest BCUT2D eigenvalue weighted by molar-refractivity contribution is 5.68. The van der Waals surface area contributed by atoms with E-state index in [1.165, 1.54) is 20.8 Å². The molecule has 0 radical (unpaired) electrons. The number of aliphatic hydroxyl groups is 1. The summed E-state index contributed by atoms with van der Waals surface area (Å²) in [5.74, 6) is 0.470. The number of ether oxygens (including phenoxy) is 7. The van der Waals surface area contributed by atoms with Crippen LogP contribution < -0.4 is 0 Å². The van der Waals surface area contributed by atoms with Crippen molar-refractivity contribution >= 4 is 17.9 Å². The van der Waals surface area contributed by atoms with Gasteiger partial charge >= 0.3 is 17.9 Å². The van der Waals surface area contributed by atoms with E-state index in [-0.39, 0.29) is 29.0 Å². The van der Waals surface area contributed by atoms with E-state index < -0.39 is 60.5 Å². The molecule has 1 spiro atoms. The van der Waals surface area contributed by atoms with Crippen molar-refractivity contribution in [3.8, 4) is 0 Å². The van der Waals surface area contributed by atoms with Crippen molar-refractivity contribution in [3.63, 3.8) is 0 Å². The second-order valence-electron chi connectivity index (χ2n) is 17.8. The Morgan fingerprint density at radius 1 is 0.740 bits per heavy atom. The highest BCUT2D eigenvalue weighted by atomic mass is 16.7. The van der Waals surface area contributed by atoms with Gasteiger partial charge in [0.15, 0.2) is 30.4 Å². The molecule has 0 unspecified atom stereocenters. The molecule has 0 amide bonds. The van der Waals surface area contributed by atoms with E-state index in [1.54, 1.807) is 6.92 Å². The summed E-state index contributed by atoms with van der Waals surface area (Å²) in [7, 11) is 0. The molecule has 4 saturated carbocycles. The molecule has 3 heterocycles. The first kappa shape index (κ1) is 36.6. The van der Waals surface area contributed by atoms with Gasteiger partial charge in [-0.15, -0.1) is 0 Å². The van der Waals surface area contributed by atoms with Crippen molar-refractivity contribution in [2.45, 2.75) is 168 Å². The molecule has 4 aliphatic carbocycles. The number of fused-ring (bicyclic) bond motifs is 7. The van der Waals surface area contributed by atoms with Crippen LogP contribution in [0.15, 0.2) is 0 Å². The second-order valence-corrected chi connectivity index (χ2v) is 17.8. The van der Waals surface area contributed by atoms with Crippen LogP contribution in [0.2, 0.25) is 0 Å². The van der Waals surface area contributed by atoms with Gasteiger partial charge < -0.3 is 38.3 Å². The van der Waals surface area contributed by atoms with Crippen LogP contribution in [0, 0.1) is 52.3 Å². The fourth-order valence-electron chi connectivity index (χ4n) is 12.7. The summed E-state index contributed by atoms with van der Waals surface area (Å²) >= 11 is 0. The van der Waals surface area contributed by atoms with Gasteiger partial charge in [-0.1, -0.05) is 27.7 Å². The largest absolute Gasteiger partial charge is 0.456 e. The Hall–Kier alpha value is -1.79. The van der Waals surface area contributed by atoms with Crippen molar-refractivity contribution in [1.29, 1.82) is 0 Å². The smallest absolute Gasteiger partial charge is 0.303 e. The summed E-state index contributed by atoms with van der Waals surface area (Å²) in [6, 6.07) is 0. The van der Waals surface area contributed by atoms with Crippen LogP contribution in [0.25, 0.3) is 0 Å². The van der Waals surface area contributed by atoms with Crippen molar-refractivity contribution < 1.29 is 52.6 Å². The lowest BCUT2D eigenvalue weighted by Gasteiger charge is -2.63. The molecule has 0 bridgehead atoms. The van der Waals surface area contributed by atoms with Gasteiger partial charge in [-0.05, 0) is 105 Å². The van der Waals surface area contributed by atoms with Crippen LogP contribution in [-0.4, -0.2) is 84.4 Å². The van der Waals surface area contributed by atoms with E-state index in [2.05, 4.69) is 27.7 Å². The maximum absolute atomic E-state index is 12.5. The third kappa shape index (κ3) is 6.02. The van der Waals surface area contributed by atoms with Gasteiger partial charge in [-0.3, -0.25) is 14.4 Å². The van der Waals surface area contributed by atoms with Crippen molar-refractivity contribution in [2.75, 3.05) is 6.61 Å². The molecular formula is C39H60O11. The second kappa shape index (κ2) is 13.3. The molecule has 50 heavy (non-hydrogen) atoms. The average Bonchev–Trinajstić information content (AvgIpc) is 3.48. The monoisotopic (exact) mass is 704 g/mol. The van der Waals surface area contributed by atoms with Crippen LogP contribution in [0.1, 0.15) is 113 Å². The minimum Gasteiger partial charge on any atom is -0.456 e. The first-order chi connectivity index (χ1) is 23.6. The molecule has 282 valence electrons. The number of esters is 3. The summed E-state index contributed by atoms with van der Waals surface area (Å²) in [4.78, 5) is 36.9. The summed E-state index contributed by atoms with van der Waals surface area (Å²) in [5, 5.41) is 11.0. The minimum atomic E-state index is -1.15. The van der Waals surface area contributed by atoms with Gasteiger partial charge in [0.25, 0.3) is 0 Å². The Labute approximate surface area is 297 Å². The molecule has 1 N–H and O–H groups in total. The number of rotatable bonds is 5. The lowest BCUT2D eigenvalue weighted by Crippen LogP contribution is -2.64. The van der Waals surface area contributed by atoms with E-state index in [0.717, 1.165) is 58.0 Å². The maximum atomic E-state index is 12.5. The molecule has 0 aromatic carbocycles. The Morgan fingerprint density at radius 3 is 2.06 bits per heavy atom. The topological polar surface area (TPSA) is 136 Å². The van der Waals surface area contributed by atoms with E-state index in [9.17, 15) is 19.5 Å². The molecule has 7 rings (SSSR count). The zero-order valence-electron chi connectivity index (χ0n) is 31.3. The van der Waals surface area contributed by atoms with Gasteiger partial charge in [-0.2, -0.15) is 0 Å². The standard InChI is InChI=1S/C39H60O11/c1-19-9-14-39(44-18-19)20(2)32-31(50-39)17-28-26-16-30(29-15-25(43)10-12-37(29,7)27(26)11-13-38(28,32)8)49-36-35(48-24(6)42)34(47-23(5)41)33(21(3)45-36)46-22(4)40/h19-21,25-36,43H,9-18H2,1-8H3/t19-,20-,21+,25-,26+,27-,28-,29+,30-,31-,32-,33+,34-,35+,36-,37+,38-,39+/m0/s1. The Balaban J connectivity index is 1.19. The van der Waals surface area contributed by atoms with E-state index in [4.69, 9.17) is 33.2 Å². The fraction of sp³-hybridized carbons (Fsp3) is 0.923. The summed E-state index contributed by atoms with van der Waals surface area (Å²) in [6.07, 6.45) is 2.92. The SMILES string of the molecule is CC(=O)O[C@@H]1[C@@H](OC(C)=O)[C@H](O[C@H]2C[C@@H]3[C@H](CC[C@]4(C)[C@@H]5[C@H](C[C@@H]34)O[C@]3(CC[C@H](C)CO3)[C@H]5C)[C@@]3(C)CC[C@H](O)C[C@H]23)O[C@H](C)[C@H]1OC(C)=O. The summed E-state index contributed by atoms with van der Waals surface area (Å²) in [6.45, 7) is 15.9. The number of hydrogen-bond donors (Lipinski definition) is 1. The first-order valence-electron chi connectivity index (χ1n) is 19.4. The van der Waals surface area contributed by atoms with Crippen molar-refractivity contribution in [2.24, 2.45) is 52.3 Å². The van der Waals surface area contributed by atoms with Crippen LogP contribution in [0.4, 0.5) is 0 Å². The molecule has 3 saturated heterocycles. The zero-order chi connectivity index (χ0) is 35.9. The number of carbonyl (C=O) groups is 3. The number of aliphatic hydroxyl groups excluding tert-OH is 1. The Bertz CT molecular complexity index is 1310. The maximum Gasteiger partial charge on any atom is 0.303 e. The third-order valence-corrected chi connectivity index (χ3v) is 14.8. The Morgan fingerprint density at radius 2 is 1.40 bits per heavy atom. The van der Waals surface area contributed by atoms with Gasteiger partial charge in [-0.25, -0.2) is 0 Å². The average molecular weight is 705 g/mol. The highest BCUT2D eigenvalue weighted by Crippen LogP contribution is 2.71. The van der Waals surface area contributed by atoms with Gasteiger partial charge in [0.1, 0.15) is 0 Å². The fourth-order valence-corrected chi connectivity index (χ4v) is 12.7. The van der Waals surface area contributed by atoms with E-state index in [1.807, 2.05) is 0 Å². The molecule has 0 aromatic heterocycles. The first-order valence-corrected chi connectivity index (χ1v) is 19.4. The minimum absolute atomic E-state index is 0.0593. The molecule has 11 nitrogen and oxygen atoms in total.